The Morgan fingerprint density at radius 3 is 2.55 bits per heavy atom. The smallest absolute Gasteiger partial charge is 0.244 e. The van der Waals surface area contributed by atoms with E-state index in [9.17, 15) is 13.2 Å². The fraction of sp³-hybridized carbons (Fsp3) is 0.500. The monoisotopic (exact) mass is 296 g/mol. The number of rotatable bonds is 3. The molecule has 110 valence electrons. The van der Waals surface area contributed by atoms with Gasteiger partial charge in [-0.15, -0.1) is 0 Å². The molecule has 0 radical (unpaired) electrons. The van der Waals surface area contributed by atoms with Gasteiger partial charge in [0.2, 0.25) is 15.9 Å². The van der Waals surface area contributed by atoms with Crippen molar-refractivity contribution in [3.8, 4) is 0 Å². The summed E-state index contributed by atoms with van der Waals surface area (Å²) in [5, 5.41) is 0. The van der Waals surface area contributed by atoms with E-state index in [2.05, 4.69) is 0 Å². The number of benzene rings is 1. The van der Waals surface area contributed by atoms with Gasteiger partial charge in [0.15, 0.2) is 0 Å². The quantitative estimate of drug-likeness (QED) is 0.843. The Hall–Kier alpha value is -1.40. The predicted molar refractivity (Wildman–Crippen MR) is 76.8 cm³/mol. The van der Waals surface area contributed by atoms with Gasteiger partial charge >= 0.3 is 0 Å². The summed E-state index contributed by atoms with van der Waals surface area (Å²) >= 11 is 0. The molecule has 1 aliphatic heterocycles. The number of carbonyl (C=O) groups excluding carboxylic acids is 1. The summed E-state index contributed by atoms with van der Waals surface area (Å²) in [5.41, 5.74) is 0.704. The van der Waals surface area contributed by atoms with Crippen molar-refractivity contribution in [2.75, 3.05) is 20.6 Å². The third-order valence-corrected chi connectivity index (χ3v) is 5.68. The maximum atomic E-state index is 12.7. The van der Waals surface area contributed by atoms with Gasteiger partial charge in [0.25, 0.3) is 0 Å². The number of hydrogen-bond acceptors (Lipinski definition) is 3. The summed E-state index contributed by atoms with van der Waals surface area (Å²) in [5.74, 6) is -0.153. The van der Waals surface area contributed by atoms with Gasteiger partial charge in [-0.1, -0.05) is 18.2 Å². The maximum Gasteiger partial charge on any atom is 0.244 e. The average Bonchev–Trinajstić information content (AvgIpc) is 2.87. The molecule has 6 heteroatoms. The number of nitrogens with zero attached hydrogens (tertiary/aromatic N) is 2. The van der Waals surface area contributed by atoms with E-state index in [1.807, 2.05) is 0 Å². The van der Waals surface area contributed by atoms with Crippen LogP contribution in [0.2, 0.25) is 0 Å². The molecule has 0 aliphatic carbocycles. The van der Waals surface area contributed by atoms with E-state index in [1.54, 1.807) is 45.3 Å². The standard InChI is InChI=1S/C14H20N2O3S/c1-11-7-4-5-9-13(11)20(18,19)16-10-6-8-12(16)14(17)15(2)3/h4-5,7,9,12H,6,8,10H2,1-3H3. The van der Waals surface area contributed by atoms with Crippen molar-refractivity contribution in [1.29, 1.82) is 0 Å². The molecule has 2 rings (SSSR count). The zero-order valence-corrected chi connectivity index (χ0v) is 12.9. The van der Waals surface area contributed by atoms with Crippen LogP contribution >= 0.6 is 0 Å². The predicted octanol–water partition coefficient (Wildman–Crippen LogP) is 1.24. The van der Waals surface area contributed by atoms with Crippen LogP contribution in [0, 0.1) is 6.92 Å². The lowest BCUT2D eigenvalue weighted by molar-refractivity contribution is -0.132. The number of hydrogen-bond donors (Lipinski definition) is 0. The van der Waals surface area contributed by atoms with Gasteiger partial charge in [0, 0.05) is 20.6 Å². The Morgan fingerprint density at radius 2 is 1.95 bits per heavy atom. The highest BCUT2D eigenvalue weighted by Crippen LogP contribution is 2.28. The first-order valence-electron chi connectivity index (χ1n) is 6.64. The van der Waals surface area contributed by atoms with Crippen LogP contribution in [0.3, 0.4) is 0 Å². The van der Waals surface area contributed by atoms with E-state index in [0.717, 1.165) is 6.42 Å². The number of sulfonamides is 1. The lowest BCUT2D eigenvalue weighted by Crippen LogP contribution is -2.45. The van der Waals surface area contributed by atoms with Gasteiger partial charge in [0.1, 0.15) is 6.04 Å². The van der Waals surface area contributed by atoms with Crippen molar-refractivity contribution in [1.82, 2.24) is 9.21 Å². The minimum atomic E-state index is -3.61. The SMILES string of the molecule is Cc1ccccc1S(=O)(=O)N1CCCC1C(=O)N(C)C. The maximum absolute atomic E-state index is 12.7. The van der Waals surface area contributed by atoms with Crippen molar-refractivity contribution in [2.45, 2.75) is 30.7 Å². The molecular weight excluding hydrogens is 276 g/mol. The molecule has 0 aromatic heterocycles. The zero-order valence-electron chi connectivity index (χ0n) is 12.0. The molecule has 1 fully saturated rings. The lowest BCUT2D eigenvalue weighted by Gasteiger charge is -2.26. The van der Waals surface area contributed by atoms with Crippen LogP contribution in [0.15, 0.2) is 29.2 Å². The summed E-state index contributed by atoms with van der Waals surface area (Å²) in [6.45, 7) is 2.17. The van der Waals surface area contributed by atoms with Gasteiger partial charge in [-0.3, -0.25) is 4.79 Å². The van der Waals surface area contributed by atoms with E-state index >= 15 is 0 Å². The first kappa shape index (κ1) is 15.0. The molecule has 1 amide bonds. The summed E-state index contributed by atoms with van der Waals surface area (Å²) < 4.78 is 26.8. The molecule has 1 saturated heterocycles. The van der Waals surface area contributed by atoms with E-state index in [4.69, 9.17) is 0 Å². The largest absolute Gasteiger partial charge is 0.347 e. The van der Waals surface area contributed by atoms with Gasteiger partial charge in [-0.2, -0.15) is 4.31 Å². The third kappa shape index (κ3) is 2.58. The van der Waals surface area contributed by atoms with E-state index < -0.39 is 16.1 Å². The number of likely N-dealkylation sites (N-methyl/N-ethyl adjacent to an activating group) is 1. The molecule has 1 heterocycles. The van der Waals surface area contributed by atoms with E-state index in [0.29, 0.717) is 23.4 Å². The number of carbonyl (C=O) groups is 1. The second-order valence-corrected chi connectivity index (χ2v) is 7.13. The molecule has 1 atom stereocenters. The first-order chi connectivity index (χ1) is 9.35. The van der Waals surface area contributed by atoms with Gasteiger partial charge < -0.3 is 4.90 Å². The minimum absolute atomic E-state index is 0.153. The van der Waals surface area contributed by atoms with Crippen LogP contribution in [0.4, 0.5) is 0 Å². The van der Waals surface area contributed by atoms with E-state index in [-0.39, 0.29) is 5.91 Å². The lowest BCUT2D eigenvalue weighted by atomic mass is 10.2. The van der Waals surface area contributed by atoms with E-state index in [1.165, 1.54) is 9.21 Å². The molecule has 0 bridgehead atoms. The Balaban J connectivity index is 2.39. The fourth-order valence-corrected chi connectivity index (χ4v) is 4.42. The molecule has 1 aromatic carbocycles. The van der Waals surface area contributed by atoms with Crippen molar-refractivity contribution < 1.29 is 13.2 Å². The van der Waals surface area contributed by atoms with Crippen molar-refractivity contribution >= 4 is 15.9 Å². The normalized spacial score (nSPS) is 20.1. The van der Waals surface area contributed by atoms with Crippen LogP contribution in [0.25, 0.3) is 0 Å². The summed E-state index contributed by atoms with van der Waals surface area (Å²) in [4.78, 5) is 13.9. The molecule has 0 spiro atoms. The van der Waals surface area contributed by atoms with Crippen LogP contribution in [0.1, 0.15) is 18.4 Å². The van der Waals surface area contributed by atoms with Crippen molar-refractivity contribution in [2.24, 2.45) is 0 Å². The van der Waals surface area contributed by atoms with Crippen LogP contribution in [-0.2, 0) is 14.8 Å². The first-order valence-corrected chi connectivity index (χ1v) is 8.08. The average molecular weight is 296 g/mol. The van der Waals surface area contributed by atoms with Gasteiger partial charge in [-0.25, -0.2) is 8.42 Å². The van der Waals surface area contributed by atoms with Crippen LogP contribution < -0.4 is 0 Å². The summed E-state index contributed by atoms with van der Waals surface area (Å²) in [6.07, 6.45) is 1.30. The highest BCUT2D eigenvalue weighted by molar-refractivity contribution is 7.89. The van der Waals surface area contributed by atoms with Crippen molar-refractivity contribution in [3.63, 3.8) is 0 Å². The second-order valence-electron chi connectivity index (χ2n) is 5.27. The Kier molecular flexibility index (Phi) is 4.15. The molecular formula is C14H20N2O3S. The Morgan fingerprint density at radius 1 is 1.30 bits per heavy atom. The molecule has 5 nitrogen and oxygen atoms in total. The number of amides is 1. The van der Waals surface area contributed by atoms with Crippen LogP contribution in [-0.4, -0.2) is 50.2 Å². The molecule has 1 aromatic rings. The highest BCUT2D eigenvalue weighted by atomic mass is 32.2. The molecule has 0 saturated carbocycles. The van der Waals surface area contributed by atoms with Crippen LogP contribution in [0.5, 0.6) is 0 Å². The highest BCUT2D eigenvalue weighted by Gasteiger charge is 2.40. The van der Waals surface area contributed by atoms with Gasteiger partial charge in [-0.05, 0) is 31.4 Å². The Labute approximate surface area is 120 Å². The molecule has 0 N–H and O–H groups in total. The summed E-state index contributed by atoms with van der Waals surface area (Å²) in [6, 6.07) is 6.31. The summed E-state index contributed by atoms with van der Waals surface area (Å²) in [7, 11) is -0.307. The molecule has 20 heavy (non-hydrogen) atoms. The second kappa shape index (κ2) is 5.54. The fourth-order valence-electron chi connectivity index (χ4n) is 2.54. The third-order valence-electron chi connectivity index (χ3n) is 3.61. The molecule has 1 unspecified atom stereocenters. The van der Waals surface area contributed by atoms with Crippen molar-refractivity contribution in [3.05, 3.63) is 29.8 Å². The Bertz CT molecular complexity index is 611. The van der Waals surface area contributed by atoms with Gasteiger partial charge in [0.05, 0.1) is 4.90 Å². The topological polar surface area (TPSA) is 57.7 Å². The number of aryl methyl sites for hydroxylation is 1. The zero-order chi connectivity index (χ0) is 14.9. The minimum Gasteiger partial charge on any atom is -0.347 e. The molecule has 1 aliphatic rings.